The maximum Gasteiger partial charge on any atom is 0.260 e. The molecular weight excluding hydrogens is 370 g/mol. The summed E-state index contributed by atoms with van der Waals surface area (Å²) in [4.78, 5) is 41.7. The second kappa shape index (κ2) is 8.05. The fraction of sp³-hybridized carbons (Fsp3) is 0.318. The molecule has 7 heteroatoms. The van der Waals surface area contributed by atoms with Gasteiger partial charge in [-0.3, -0.25) is 19.3 Å². The molecule has 150 valence electrons. The van der Waals surface area contributed by atoms with Crippen LogP contribution in [0.1, 0.15) is 45.3 Å². The lowest BCUT2D eigenvalue weighted by molar-refractivity contribution is -0.121. The molecule has 0 saturated heterocycles. The van der Waals surface area contributed by atoms with Crippen LogP contribution in [-0.4, -0.2) is 49.4 Å². The van der Waals surface area contributed by atoms with Crippen molar-refractivity contribution in [3.05, 3.63) is 65.2 Å². The number of carbonyl (C=O) groups is 3. The number of methoxy groups -OCH3 is 1. The van der Waals surface area contributed by atoms with E-state index in [4.69, 9.17) is 4.74 Å². The van der Waals surface area contributed by atoms with Crippen LogP contribution in [0, 0.1) is 0 Å². The predicted molar refractivity (Wildman–Crippen MR) is 108 cm³/mol. The van der Waals surface area contributed by atoms with Gasteiger partial charge in [0.05, 0.1) is 17.9 Å². The van der Waals surface area contributed by atoms with E-state index in [0.29, 0.717) is 49.4 Å². The summed E-state index contributed by atoms with van der Waals surface area (Å²) in [6, 6.07) is 14.6. The van der Waals surface area contributed by atoms with Crippen molar-refractivity contribution >= 4 is 23.4 Å². The van der Waals surface area contributed by atoms with Crippen molar-refractivity contribution in [3.8, 4) is 0 Å². The highest BCUT2D eigenvalue weighted by molar-refractivity contribution is 6.16. The van der Waals surface area contributed by atoms with Crippen molar-refractivity contribution in [2.24, 2.45) is 0 Å². The summed E-state index contributed by atoms with van der Waals surface area (Å²) in [6.45, 7) is 1.31. The second-order valence-corrected chi connectivity index (χ2v) is 7.10. The highest BCUT2D eigenvalue weighted by Gasteiger charge is 2.47. The van der Waals surface area contributed by atoms with Crippen LogP contribution in [0.5, 0.6) is 0 Å². The molecule has 2 aliphatic heterocycles. The summed E-state index contributed by atoms with van der Waals surface area (Å²) < 4.78 is 4.92. The first-order valence-electron chi connectivity index (χ1n) is 9.71. The maximum atomic E-state index is 13.2. The first kappa shape index (κ1) is 19.1. The molecule has 1 atom stereocenters. The summed E-state index contributed by atoms with van der Waals surface area (Å²) in [6.07, 6.45) is 0.336. The van der Waals surface area contributed by atoms with Gasteiger partial charge in [-0.15, -0.1) is 0 Å². The van der Waals surface area contributed by atoms with Crippen LogP contribution in [-0.2, 0) is 9.53 Å². The molecule has 0 bridgehead atoms. The molecule has 0 spiro atoms. The average Bonchev–Trinajstić information content (AvgIpc) is 3.04. The number of fused-ring (bicyclic) bond motifs is 5. The topological polar surface area (TPSA) is 79.0 Å². The Morgan fingerprint density at radius 2 is 1.76 bits per heavy atom. The van der Waals surface area contributed by atoms with E-state index in [2.05, 4.69) is 5.32 Å². The smallest absolute Gasteiger partial charge is 0.260 e. The molecule has 2 heterocycles. The SMILES string of the molecule is COCCNC(=O)CCCN1C(=O)c2ccccc2N2C(=O)c3ccccc3[C@@H]12. The van der Waals surface area contributed by atoms with Gasteiger partial charge in [0.1, 0.15) is 6.17 Å². The maximum absolute atomic E-state index is 13.2. The molecular formula is C22H23N3O4. The number of anilines is 1. The molecule has 2 aromatic carbocycles. The minimum absolute atomic E-state index is 0.0772. The number of nitrogens with zero attached hydrogens (tertiary/aromatic N) is 2. The third-order valence-electron chi connectivity index (χ3n) is 5.31. The first-order chi connectivity index (χ1) is 14.1. The Bertz CT molecular complexity index is 959. The van der Waals surface area contributed by atoms with Gasteiger partial charge in [0.15, 0.2) is 0 Å². The Kier molecular flexibility index (Phi) is 5.31. The van der Waals surface area contributed by atoms with Gasteiger partial charge in [-0.1, -0.05) is 30.3 Å². The Labute approximate surface area is 169 Å². The van der Waals surface area contributed by atoms with Crippen LogP contribution in [0.2, 0.25) is 0 Å². The fourth-order valence-electron chi connectivity index (χ4n) is 3.99. The molecule has 1 N–H and O–H groups in total. The summed E-state index contributed by atoms with van der Waals surface area (Å²) in [5.41, 5.74) is 2.58. The van der Waals surface area contributed by atoms with Gasteiger partial charge in [-0.2, -0.15) is 0 Å². The van der Waals surface area contributed by atoms with Gasteiger partial charge in [0.25, 0.3) is 11.8 Å². The lowest BCUT2D eigenvalue weighted by atomic mass is 10.0. The molecule has 0 aromatic heterocycles. The van der Waals surface area contributed by atoms with Crippen LogP contribution in [0.4, 0.5) is 5.69 Å². The molecule has 2 aromatic rings. The van der Waals surface area contributed by atoms with Crippen molar-refractivity contribution in [1.29, 1.82) is 0 Å². The van der Waals surface area contributed by atoms with Gasteiger partial charge < -0.3 is 15.0 Å². The van der Waals surface area contributed by atoms with E-state index in [1.54, 1.807) is 35.1 Å². The standard InChI is InChI=1S/C22H23N3O4/c1-29-14-12-23-19(26)11-6-13-24-20-15-7-2-3-8-16(15)22(28)25(20)18-10-5-4-9-17(18)21(24)27/h2-5,7-10,20H,6,11-14H2,1H3,(H,23,26)/t20-/m0/s1. The lowest BCUT2D eigenvalue weighted by Crippen LogP contribution is -2.48. The number of para-hydroxylation sites is 1. The number of carbonyl (C=O) groups excluding carboxylic acids is 3. The number of hydrogen-bond acceptors (Lipinski definition) is 4. The Balaban J connectivity index is 1.58. The van der Waals surface area contributed by atoms with Gasteiger partial charge in [-0.05, 0) is 24.6 Å². The van der Waals surface area contributed by atoms with Crippen LogP contribution < -0.4 is 10.2 Å². The summed E-state index contributed by atoms with van der Waals surface area (Å²) in [5.74, 6) is -0.300. The van der Waals surface area contributed by atoms with E-state index in [-0.39, 0.29) is 17.7 Å². The molecule has 0 saturated carbocycles. The Hall–Kier alpha value is -3.19. The third kappa shape index (κ3) is 3.38. The van der Waals surface area contributed by atoms with Gasteiger partial charge >= 0.3 is 0 Å². The van der Waals surface area contributed by atoms with Crippen LogP contribution >= 0.6 is 0 Å². The molecule has 0 unspecified atom stereocenters. The average molecular weight is 393 g/mol. The predicted octanol–water partition coefficient (Wildman–Crippen LogP) is 2.34. The zero-order chi connectivity index (χ0) is 20.4. The Morgan fingerprint density at radius 1 is 1.03 bits per heavy atom. The zero-order valence-electron chi connectivity index (χ0n) is 16.3. The molecule has 0 aliphatic carbocycles. The molecule has 29 heavy (non-hydrogen) atoms. The highest BCUT2D eigenvalue weighted by atomic mass is 16.5. The first-order valence-corrected chi connectivity index (χ1v) is 9.71. The normalized spacial score (nSPS) is 17.1. The molecule has 2 aliphatic rings. The summed E-state index contributed by atoms with van der Waals surface area (Å²) in [7, 11) is 1.58. The minimum atomic E-state index is -0.474. The van der Waals surface area contributed by atoms with E-state index in [9.17, 15) is 14.4 Å². The largest absolute Gasteiger partial charge is 0.383 e. The molecule has 3 amide bonds. The van der Waals surface area contributed by atoms with E-state index >= 15 is 0 Å². The third-order valence-corrected chi connectivity index (χ3v) is 5.31. The fourth-order valence-corrected chi connectivity index (χ4v) is 3.99. The summed E-state index contributed by atoms with van der Waals surface area (Å²) >= 11 is 0. The van der Waals surface area contributed by atoms with Gasteiger partial charge in [0.2, 0.25) is 5.91 Å². The van der Waals surface area contributed by atoms with Crippen molar-refractivity contribution in [2.75, 3.05) is 31.7 Å². The van der Waals surface area contributed by atoms with Crippen LogP contribution in [0.25, 0.3) is 0 Å². The molecule has 4 rings (SSSR count). The van der Waals surface area contributed by atoms with E-state index in [1.165, 1.54) is 0 Å². The number of ether oxygens (including phenoxy) is 1. The minimum Gasteiger partial charge on any atom is -0.383 e. The zero-order valence-corrected chi connectivity index (χ0v) is 16.3. The van der Waals surface area contributed by atoms with Crippen LogP contribution in [0.3, 0.4) is 0 Å². The molecule has 7 nitrogen and oxygen atoms in total. The van der Waals surface area contributed by atoms with E-state index in [1.807, 2.05) is 30.3 Å². The van der Waals surface area contributed by atoms with Crippen molar-refractivity contribution in [1.82, 2.24) is 10.2 Å². The van der Waals surface area contributed by atoms with Crippen molar-refractivity contribution in [3.63, 3.8) is 0 Å². The van der Waals surface area contributed by atoms with E-state index < -0.39 is 6.17 Å². The monoisotopic (exact) mass is 393 g/mol. The van der Waals surface area contributed by atoms with Crippen molar-refractivity contribution in [2.45, 2.75) is 19.0 Å². The van der Waals surface area contributed by atoms with Gasteiger partial charge in [0, 0.05) is 37.7 Å². The quantitative estimate of drug-likeness (QED) is 0.733. The number of nitrogens with one attached hydrogen (secondary N) is 1. The van der Waals surface area contributed by atoms with Crippen molar-refractivity contribution < 1.29 is 19.1 Å². The van der Waals surface area contributed by atoms with E-state index in [0.717, 1.165) is 5.56 Å². The second-order valence-electron chi connectivity index (χ2n) is 7.10. The lowest BCUT2D eigenvalue weighted by Gasteiger charge is -2.41. The number of amides is 3. The van der Waals surface area contributed by atoms with Crippen LogP contribution in [0.15, 0.2) is 48.5 Å². The number of rotatable bonds is 7. The van der Waals surface area contributed by atoms with Gasteiger partial charge in [-0.25, -0.2) is 0 Å². The Morgan fingerprint density at radius 3 is 2.55 bits per heavy atom. The molecule has 0 radical (unpaired) electrons. The highest BCUT2D eigenvalue weighted by Crippen LogP contribution is 2.45. The number of benzene rings is 2. The summed E-state index contributed by atoms with van der Waals surface area (Å²) in [5, 5.41) is 2.79. The number of hydrogen-bond donors (Lipinski definition) is 1. The molecule has 0 fully saturated rings.